The monoisotopic (exact) mass is 200 g/mol. The number of aliphatic hydroxyl groups is 1. The van der Waals surface area contributed by atoms with E-state index in [-0.39, 0.29) is 12.2 Å². The Hall–Kier alpha value is -0.120. The Kier molecular flexibility index (Phi) is 3.79. The van der Waals surface area contributed by atoms with E-state index in [1.807, 2.05) is 0 Å². The van der Waals surface area contributed by atoms with Gasteiger partial charge < -0.3 is 14.6 Å². The van der Waals surface area contributed by atoms with E-state index in [0.29, 0.717) is 6.10 Å². The average Bonchev–Trinajstić information content (AvgIpc) is 2.67. The summed E-state index contributed by atoms with van der Waals surface area (Å²) < 4.78 is 11.2. The molecule has 0 aromatic carbocycles. The topological polar surface area (TPSA) is 38.7 Å². The Labute approximate surface area is 85.4 Å². The quantitative estimate of drug-likeness (QED) is 0.750. The molecule has 1 N–H and O–H groups in total. The summed E-state index contributed by atoms with van der Waals surface area (Å²) in [4.78, 5) is 0. The summed E-state index contributed by atoms with van der Waals surface area (Å²) in [6, 6.07) is 0. The summed E-state index contributed by atoms with van der Waals surface area (Å²) in [6.07, 6.45) is 6.69. The van der Waals surface area contributed by atoms with Gasteiger partial charge in [-0.3, -0.25) is 0 Å². The highest BCUT2D eigenvalue weighted by Gasteiger charge is 2.23. The molecule has 3 unspecified atom stereocenters. The Bertz CT molecular complexity index is 166. The third kappa shape index (κ3) is 2.94. The summed E-state index contributed by atoms with van der Waals surface area (Å²) in [6.45, 7) is 1.61. The van der Waals surface area contributed by atoms with Crippen molar-refractivity contribution in [2.75, 3.05) is 13.2 Å². The molecule has 0 aromatic heterocycles. The smallest absolute Gasteiger partial charge is 0.0809 e. The first-order valence-electron chi connectivity index (χ1n) is 5.76. The molecule has 0 aromatic rings. The minimum atomic E-state index is -0.141. The predicted molar refractivity (Wildman–Crippen MR) is 53.2 cm³/mol. The predicted octanol–water partition coefficient (Wildman–Crippen LogP) is 1.49. The minimum Gasteiger partial charge on any atom is -0.393 e. The van der Waals surface area contributed by atoms with E-state index in [0.717, 1.165) is 45.3 Å². The van der Waals surface area contributed by atoms with Gasteiger partial charge in [0.1, 0.15) is 0 Å². The second kappa shape index (κ2) is 5.10. The van der Waals surface area contributed by atoms with Crippen LogP contribution in [0.15, 0.2) is 0 Å². The van der Waals surface area contributed by atoms with Crippen LogP contribution in [0.25, 0.3) is 0 Å². The third-order valence-corrected chi connectivity index (χ3v) is 3.14. The van der Waals surface area contributed by atoms with Crippen LogP contribution in [0.1, 0.15) is 38.5 Å². The zero-order chi connectivity index (χ0) is 9.80. The first-order chi connectivity index (χ1) is 6.84. The third-order valence-electron chi connectivity index (χ3n) is 3.14. The molecular formula is C11H20O3. The maximum absolute atomic E-state index is 9.46. The number of hydrogen-bond acceptors (Lipinski definition) is 3. The molecule has 3 heteroatoms. The van der Waals surface area contributed by atoms with E-state index >= 15 is 0 Å². The molecule has 3 atom stereocenters. The van der Waals surface area contributed by atoms with E-state index in [1.54, 1.807) is 0 Å². The van der Waals surface area contributed by atoms with E-state index in [2.05, 4.69) is 0 Å². The van der Waals surface area contributed by atoms with Crippen LogP contribution in [0.5, 0.6) is 0 Å². The van der Waals surface area contributed by atoms with Crippen LogP contribution in [0.2, 0.25) is 0 Å². The van der Waals surface area contributed by atoms with Crippen molar-refractivity contribution >= 4 is 0 Å². The van der Waals surface area contributed by atoms with Gasteiger partial charge in [-0.05, 0) is 38.5 Å². The zero-order valence-corrected chi connectivity index (χ0v) is 8.65. The van der Waals surface area contributed by atoms with Crippen molar-refractivity contribution in [2.45, 2.75) is 56.8 Å². The second-order valence-corrected chi connectivity index (χ2v) is 4.41. The first kappa shape index (κ1) is 10.4. The van der Waals surface area contributed by atoms with E-state index in [9.17, 15) is 5.11 Å². The maximum Gasteiger partial charge on any atom is 0.0809 e. The maximum atomic E-state index is 9.46. The highest BCUT2D eigenvalue weighted by molar-refractivity contribution is 4.73. The van der Waals surface area contributed by atoms with Crippen molar-refractivity contribution in [1.29, 1.82) is 0 Å². The fourth-order valence-electron chi connectivity index (χ4n) is 2.29. The number of aliphatic hydroxyl groups excluding tert-OH is 1. The molecule has 1 aliphatic heterocycles. The molecule has 1 saturated carbocycles. The molecule has 2 fully saturated rings. The van der Waals surface area contributed by atoms with Crippen molar-refractivity contribution in [2.24, 2.45) is 0 Å². The molecule has 3 nitrogen and oxygen atoms in total. The molecule has 1 saturated heterocycles. The summed E-state index contributed by atoms with van der Waals surface area (Å²) in [5, 5.41) is 9.46. The van der Waals surface area contributed by atoms with Crippen LogP contribution >= 0.6 is 0 Å². The number of ether oxygens (including phenoxy) is 2. The van der Waals surface area contributed by atoms with Gasteiger partial charge in [-0.25, -0.2) is 0 Å². The van der Waals surface area contributed by atoms with Gasteiger partial charge in [0.2, 0.25) is 0 Å². The molecule has 0 radical (unpaired) electrons. The molecule has 82 valence electrons. The molecule has 2 rings (SSSR count). The normalized spacial score (nSPS) is 38.8. The lowest BCUT2D eigenvalue weighted by molar-refractivity contribution is -0.0532. The highest BCUT2D eigenvalue weighted by atomic mass is 16.5. The summed E-state index contributed by atoms with van der Waals surface area (Å²) in [5.74, 6) is 0. The van der Waals surface area contributed by atoms with Gasteiger partial charge in [0.25, 0.3) is 0 Å². The fourth-order valence-corrected chi connectivity index (χ4v) is 2.29. The summed E-state index contributed by atoms with van der Waals surface area (Å²) in [5.41, 5.74) is 0. The van der Waals surface area contributed by atoms with Gasteiger partial charge in [-0.1, -0.05) is 0 Å². The van der Waals surface area contributed by atoms with Crippen LogP contribution in [0, 0.1) is 0 Å². The first-order valence-corrected chi connectivity index (χ1v) is 5.76. The van der Waals surface area contributed by atoms with Crippen molar-refractivity contribution in [1.82, 2.24) is 0 Å². The van der Waals surface area contributed by atoms with Crippen molar-refractivity contribution in [3.05, 3.63) is 0 Å². The Morgan fingerprint density at radius 3 is 2.86 bits per heavy atom. The Balaban J connectivity index is 1.64. The van der Waals surface area contributed by atoms with Crippen molar-refractivity contribution in [3.63, 3.8) is 0 Å². The molecule has 14 heavy (non-hydrogen) atoms. The molecule has 0 bridgehead atoms. The van der Waals surface area contributed by atoms with Gasteiger partial charge in [0.05, 0.1) is 24.9 Å². The lowest BCUT2D eigenvalue weighted by Gasteiger charge is -2.26. The van der Waals surface area contributed by atoms with Crippen molar-refractivity contribution in [3.8, 4) is 0 Å². The van der Waals surface area contributed by atoms with Gasteiger partial charge in [0.15, 0.2) is 0 Å². The summed E-state index contributed by atoms with van der Waals surface area (Å²) in [7, 11) is 0. The molecular weight excluding hydrogens is 180 g/mol. The SMILES string of the molecule is OC1CCCC(OCC2CCCO2)C1. The standard InChI is InChI=1S/C11H20O3/c12-9-3-1-4-10(7-9)14-8-11-5-2-6-13-11/h9-12H,1-8H2. The lowest BCUT2D eigenvalue weighted by atomic mass is 9.95. The molecule has 0 amide bonds. The Morgan fingerprint density at radius 1 is 1.21 bits per heavy atom. The lowest BCUT2D eigenvalue weighted by Crippen LogP contribution is -2.28. The minimum absolute atomic E-state index is 0.141. The van der Waals surface area contributed by atoms with E-state index < -0.39 is 0 Å². The van der Waals surface area contributed by atoms with E-state index in [4.69, 9.17) is 9.47 Å². The average molecular weight is 200 g/mol. The van der Waals surface area contributed by atoms with Crippen LogP contribution in [-0.4, -0.2) is 36.6 Å². The van der Waals surface area contributed by atoms with Crippen LogP contribution in [-0.2, 0) is 9.47 Å². The van der Waals surface area contributed by atoms with E-state index in [1.165, 1.54) is 6.42 Å². The molecule has 0 spiro atoms. The zero-order valence-electron chi connectivity index (χ0n) is 8.65. The highest BCUT2D eigenvalue weighted by Crippen LogP contribution is 2.22. The Morgan fingerprint density at radius 2 is 2.14 bits per heavy atom. The van der Waals surface area contributed by atoms with Gasteiger partial charge in [-0.2, -0.15) is 0 Å². The van der Waals surface area contributed by atoms with Gasteiger partial charge in [0, 0.05) is 6.61 Å². The largest absolute Gasteiger partial charge is 0.393 e. The van der Waals surface area contributed by atoms with Crippen LogP contribution in [0.4, 0.5) is 0 Å². The van der Waals surface area contributed by atoms with Crippen LogP contribution in [0.3, 0.4) is 0 Å². The van der Waals surface area contributed by atoms with Gasteiger partial charge >= 0.3 is 0 Å². The van der Waals surface area contributed by atoms with Crippen LogP contribution < -0.4 is 0 Å². The summed E-state index contributed by atoms with van der Waals surface area (Å²) >= 11 is 0. The number of hydrogen-bond donors (Lipinski definition) is 1. The van der Waals surface area contributed by atoms with Crippen molar-refractivity contribution < 1.29 is 14.6 Å². The fraction of sp³-hybridized carbons (Fsp3) is 1.00. The van der Waals surface area contributed by atoms with Gasteiger partial charge in [-0.15, -0.1) is 0 Å². The second-order valence-electron chi connectivity index (χ2n) is 4.41. The number of rotatable bonds is 3. The molecule has 1 heterocycles. The molecule has 2 aliphatic rings. The molecule has 1 aliphatic carbocycles.